The number of carbonyl (C=O) groups excluding carboxylic acids is 1. The number of nitrogens with one attached hydrogen (secondary N) is 1. The fraction of sp³-hybridized carbons (Fsp3) is 0.667. The molecule has 0 aromatic carbocycles. The van der Waals surface area contributed by atoms with Crippen LogP contribution in [-0.2, 0) is 4.79 Å². The smallest absolute Gasteiger partial charge is 0.227 e. The molecule has 5 nitrogen and oxygen atoms in total. The largest absolute Gasteiger partial charge is 0.394 e. The first-order valence-corrected chi connectivity index (χ1v) is 4.63. The van der Waals surface area contributed by atoms with Gasteiger partial charge in [0.15, 0.2) is 0 Å². The molecule has 0 aromatic heterocycles. The highest BCUT2D eigenvalue weighted by molar-refractivity contribution is 5.81. The van der Waals surface area contributed by atoms with Crippen LogP contribution in [0.25, 0.3) is 0 Å². The van der Waals surface area contributed by atoms with Crippen LogP contribution in [0.4, 0.5) is 0 Å². The number of hydrogen-bond donors (Lipinski definition) is 4. The van der Waals surface area contributed by atoms with E-state index in [2.05, 4.69) is 5.32 Å². The molecule has 1 aliphatic rings. The van der Waals surface area contributed by atoms with E-state index in [4.69, 9.17) is 15.9 Å². The monoisotopic (exact) mass is 200 g/mol. The van der Waals surface area contributed by atoms with Crippen molar-refractivity contribution in [2.75, 3.05) is 13.2 Å². The van der Waals surface area contributed by atoms with Gasteiger partial charge in [-0.1, -0.05) is 12.2 Å². The van der Waals surface area contributed by atoms with Gasteiger partial charge in [0.05, 0.1) is 25.2 Å². The molecule has 1 aliphatic carbocycles. The molecule has 0 heterocycles. The van der Waals surface area contributed by atoms with Gasteiger partial charge in [0.1, 0.15) is 0 Å². The first kappa shape index (κ1) is 11.2. The summed E-state index contributed by atoms with van der Waals surface area (Å²) in [4.78, 5) is 11.5. The number of aliphatic hydroxyl groups excluding tert-OH is 2. The van der Waals surface area contributed by atoms with Crippen molar-refractivity contribution in [2.45, 2.75) is 18.5 Å². The minimum atomic E-state index is -0.576. The maximum absolute atomic E-state index is 11.5. The first-order valence-electron chi connectivity index (χ1n) is 4.63. The number of rotatable bonds is 4. The molecule has 5 N–H and O–H groups in total. The second-order valence-corrected chi connectivity index (χ2v) is 3.46. The van der Waals surface area contributed by atoms with Crippen molar-refractivity contribution >= 4 is 5.91 Å². The van der Waals surface area contributed by atoms with E-state index in [0.29, 0.717) is 6.42 Å². The lowest BCUT2D eigenvalue weighted by Gasteiger charge is -2.16. The van der Waals surface area contributed by atoms with Gasteiger partial charge in [-0.05, 0) is 6.42 Å². The molecule has 1 rings (SSSR count). The van der Waals surface area contributed by atoms with Crippen molar-refractivity contribution in [1.29, 1.82) is 0 Å². The Hall–Kier alpha value is -0.910. The zero-order valence-electron chi connectivity index (χ0n) is 7.89. The Labute approximate surface area is 82.6 Å². The molecule has 0 bridgehead atoms. The predicted octanol–water partition coefficient (Wildman–Crippen LogP) is -1.64. The summed E-state index contributed by atoms with van der Waals surface area (Å²) in [6.07, 6.45) is 4.14. The molecule has 0 radical (unpaired) electrons. The van der Waals surface area contributed by atoms with Crippen molar-refractivity contribution in [3.05, 3.63) is 12.2 Å². The lowest BCUT2D eigenvalue weighted by molar-refractivity contribution is -0.125. The summed E-state index contributed by atoms with van der Waals surface area (Å²) in [5.74, 6) is -0.423. The van der Waals surface area contributed by atoms with Crippen molar-refractivity contribution in [3.8, 4) is 0 Å². The number of amides is 1. The fourth-order valence-electron chi connectivity index (χ4n) is 1.38. The summed E-state index contributed by atoms with van der Waals surface area (Å²) in [5, 5.41) is 20.0. The van der Waals surface area contributed by atoms with Crippen LogP contribution in [0.2, 0.25) is 0 Å². The fourth-order valence-corrected chi connectivity index (χ4v) is 1.38. The molecule has 0 saturated carbocycles. The molecule has 80 valence electrons. The van der Waals surface area contributed by atoms with Gasteiger partial charge in [0, 0.05) is 6.04 Å². The number of nitrogens with two attached hydrogens (primary N) is 1. The van der Waals surface area contributed by atoms with Gasteiger partial charge in [-0.3, -0.25) is 4.79 Å². The van der Waals surface area contributed by atoms with E-state index >= 15 is 0 Å². The molecule has 0 aromatic rings. The van der Waals surface area contributed by atoms with E-state index in [9.17, 15) is 4.79 Å². The molecule has 0 fully saturated rings. The van der Waals surface area contributed by atoms with Crippen LogP contribution in [0, 0.1) is 5.92 Å². The molecule has 2 atom stereocenters. The van der Waals surface area contributed by atoms with Gasteiger partial charge in [-0.2, -0.15) is 0 Å². The Morgan fingerprint density at radius 1 is 1.50 bits per heavy atom. The highest BCUT2D eigenvalue weighted by atomic mass is 16.3. The van der Waals surface area contributed by atoms with Crippen LogP contribution in [0.1, 0.15) is 6.42 Å². The summed E-state index contributed by atoms with van der Waals surface area (Å²) < 4.78 is 0. The van der Waals surface area contributed by atoms with E-state index in [1.807, 2.05) is 0 Å². The molecular weight excluding hydrogens is 184 g/mol. The third kappa shape index (κ3) is 2.80. The molecule has 5 heteroatoms. The lowest BCUT2D eigenvalue weighted by atomic mass is 10.1. The maximum atomic E-state index is 11.5. The number of carbonyl (C=O) groups is 1. The zero-order chi connectivity index (χ0) is 10.6. The van der Waals surface area contributed by atoms with E-state index in [0.717, 1.165) is 0 Å². The quantitative estimate of drug-likeness (QED) is 0.409. The van der Waals surface area contributed by atoms with Crippen LogP contribution in [0.3, 0.4) is 0 Å². The van der Waals surface area contributed by atoms with Crippen LogP contribution in [0.15, 0.2) is 12.2 Å². The van der Waals surface area contributed by atoms with Gasteiger partial charge in [0.2, 0.25) is 5.91 Å². The van der Waals surface area contributed by atoms with Crippen LogP contribution < -0.4 is 11.1 Å². The van der Waals surface area contributed by atoms with E-state index < -0.39 is 6.04 Å². The predicted molar refractivity (Wildman–Crippen MR) is 51.3 cm³/mol. The van der Waals surface area contributed by atoms with E-state index in [1.54, 1.807) is 12.2 Å². The van der Waals surface area contributed by atoms with Gasteiger partial charge in [-0.15, -0.1) is 0 Å². The second-order valence-electron chi connectivity index (χ2n) is 3.46. The average Bonchev–Trinajstić information content (AvgIpc) is 2.61. The third-order valence-electron chi connectivity index (χ3n) is 2.24. The average molecular weight is 200 g/mol. The van der Waals surface area contributed by atoms with Crippen molar-refractivity contribution in [1.82, 2.24) is 5.32 Å². The van der Waals surface area contributed by atoms with Gasteiger partial charge < -0.3 is 21.3 Å². The first-order chi connectivity index (χ1) is 6.67. The molecule has 0 aliphatic heterocycles. The summed E-state index contributed by atoms with van der Waals surface area (Å²) >= 11 is 0. The van der Waals surface area contributed by atoms with Crippen LogP contribution in [-0.4, -0.2) is 41.4 Å². The van der Waals surface area contributed by atoms with Crippen LogP contribution in [0.5, 0.6) is 0 Å². The number of aliphatic hydroxyl groups is 2. The van der Waals surface area contributed by atoms with Gasteiger partial charge >= 0.3 is 0 Å². The maximum Gasteiger partial charge on any atom is 0.227 e. The van der Waals surface area contributed by atoms with E-state index in [1.165, 1.54) is 0 Å². The van der Waals surface area contributed by atoms with Gasteiger partial charge in [0.25, 0.3) is 0 Å². The molecule has 0 saturated heterocycles. The lowest BCUT2D eigenvalue weighted by Crippen LogP contribution is -2.42. The highest BCUT2D eigenvalue weighted by Crippen LogP contribution is 2.16. The Kier molecular flexibility index (Phi) is 4.06. The normalized spacial score (nSPS) is 25.7. The van der Waals surface area contributed by atoms with Gasteiger partial charge in [-0.25, -0.2) is 0 Å². The molecule has 1 amide bonds. The molecule has 14 heavy (non-hydrogen) atoms. The zero-order valence-corrected chi connectivity index (χ0v) is 7.89. The highest BCUT2D eigenvalue weighted by Gasteiger charge is 2.24. The summed E-state index contributed by atoms with van der Waals surface area (Å²) in [7, 11) is 0. The Balaban J connectivity index is 2.39. The molecule has 2 unspecified atom stereocenters. The summed E-state index contributed by atoms with van der Waals surface area (Å²) in [6.45, 7) is -0.518. The minimum absolute atomic E-state index is 0.0625. The topological polar surface area (TPSA) is 95.6 Å². The molecular formula is C9H16N2O3. The standard InChI is InChI=1S/C9H16N2O3/c10-7-2-1-6(3-7)9(14)11-8(4-12)5-13/h1-2,6-8,12-13H,3-5,10H2,(H,11,14). The number of hydrogen-bond acceptors (Lipinski definition) is 4. The second kappa shape index (κ2) is 5.09. The van der Waals surface area contributed by atoms with Crippen molar-refractivity contribution in [2.24, 2.45) is 11.7 Å². The van der Waals surface area contributed by atoms with Crippen LogP contribution >= 0.6 is 0 Å². The van der Waals surface area contributed by atoms with Crippen molar-refractivity contribution in [3.63, 3.8) is 0 Å². The molecule has 0 spiro atoms. The van der Waals surface area contributed by atoms with Crippen molar-refractivity contribution < 1.29 is 15.0 Å². The summed E-state index contributed by atoms with van der Waals surface area (Å²) in [6, 6.07) is -0.639. The summed E-state index contributed by atoms with van der Waals surface area (Å²) in [5.41, 5.74) is 5.59. The Morgan fingerprint density at radius 3 is 2.57 bits per heavy atom. The SMILES string of the molecule is NC1C=CC(C(=O)NC(CO)CO)C1. The Bertz CT molecular complexity index is 226. The van der Waals surface area contributed by atoms with E-state index in [-0.39, 0.29) is 31.1 Å². The third-order valence-corrected chi connectivity index (χ3v) is 2.24. The Morgan fingerprint density at radius 2 is 2.14 bits per heavy atom. The minimum Gasteiger partial charge on any atom is -0.394 e.